The molecule has 1 aromatic heterocycles. The number of halogens is 1. The summed E-state index contributed by atoms with van der Waals surface area (Å²) in [5, 5.41) is 9.04. The van der Waals surface area contributed by atoms with Crippen LogP contribution in [0, 0.1) is 0 Å². The first-order chi connectivity index (χ1) is 14.6. The number of aromatic nitrogens is 2. The molecule has 2 heterocycles. The van der Waals surface area contributed by atoms with E-state index in [1.807, 2.05) is 42.5 Å². The second kappa shape index (κ2) is 8.98. The first-order valence-corrected chi connectivity index (χ1v) is 10.8. The van der Waals surface area contributed by atoms with Gasteiger partial charge in [0.1, 0.15) is 0 Å². The van der Waals surface area contributed by atoms with Gasteiger partial charge < -0.3 is 14.7 Å². The van der Waals surface area contributed by atoms with E-state index < -0.39 is 0 Å². The molecule has 0 saturated heterocycles. The molecule has 7 heteroatoms. The van der Waals surface area contributed by atoms with E-state index in [9.17, 15) is 0 Å². The van der Waals surface area contributed by atoms with Crippen molar-refractivity contribution in [3.05, 3.63) is 76.8 Å². The van der Waals surface area contributed by atoms with Crippen LogP contribution in [-0.2, 0) is 0 Å². The Balaban J connectivity index is 1.79. The lowest BCUT2D eigenvalue weighted by atomic mass is 9.95. The summed E-state index contributed by atoms with van der Waals surface area (Å²) in [5.74, 6) is 0.987. The van der Waals surface area contributed by atoms with E-state index in [0.717, 1.165) is 41.8 Å². The average molecular weight is 439 g/mol. The van der Waals surface area contributed by atoms with Crippen LogP contribution in [0.4, 0.5) is 0 Å². The summed E-state index contributed by atoms with van der Waals surface area (Å²) < 4.78 is 5.74. The van der Waals surface area contributed by atoms with E-state index in [0.29, 0.717) is 21.9 Å². The minimum atomic E-state index is -0.163. The van der Waals surface area contributed by atoms with Gasteiger partial charge in [0.05, 0.1) is 11.6 Å². The Morgan fingerprint density at radius 1 is 1.17 bits per heavy atom. The molecule has 1 N–H and O–H groups in total. The lowest BCUT2D eigenvalue weighted by Gasteiger charge is -2.37. The largest absolute Gasteiger partial charge is 0.351 e. The normalized spacial score (nSPS) is 16.7. The Morgan fingerprint density at radius 2 is 1.97 bits per heavy atom. The summed E-state index contributed by atoms with van der Waals surface area (Å²) in [6.45, 7) is 5.08. The fourth-order valence-electron chi connectivity index (χ4n) is 3.62. The molecule has 1 aliphatic heterocycles. The van der Waals surface area contributed by atoms with Crippen LogP contribution in [0.2, 0.25) is 5.02 Å². The summed E-state index contributed by atoms with van der Waals surface area (Å²) in [7, 11) is 0. The number of rotatable bonds is 6. The Bertz CT molecular complexity index is 1080. The predicted octanol–water partition coefficient (Wildman–Crippen LogP) is 5.85. The van der Waals surface area contributed by atoms with Crippen LogP contribution in [0.25, 0.3) is 17.0 Å². The molecule has 0 spiro atoms. The molecule has 0 bridgehead atoms. The van der Waals surface area contributed by atoms with Gasteiger partial charge in [-0.2, -0.15) is 4.98 Å². The van der Waals surface area contributed by atoms with Gasteiger partial charge in [0, 0.05) is 22.8 Å². The lowest BCUT2D eigenvalue weighted by molar-refractivity contribution is 0.395. The molecule has 0 fully saturated rings. The van der Waals surface area contributed by atoms with Crippen molar-refractivity contribution < 1.29 is 4.52 Å². The number of allylic oxidation sites excluding steroid dienone is 1. The third-order valence-corrected chi connectivity index (χ3v) is 5.78. The van der Waals surface area contributed by atoms with Crippen molar-refractivity contribution in [3.63, 3.8) is 0 Å². The molecule has 2 aromatic carbocycles. The van der Waals surface area contributed by atoms with Crippen LogP contribution in [0.5, 0.6) is 0 Å². The van der Waals surface area contributed by atoms with E-state index >= 15 is 0 Å². The molecule has 0 saturated carbocycles. The number of hydrogen-bond acceptors (Lipinski definition) is 4. The molecule has 0 radical (unpaired) electrons. The van der Waals surface area contributed by atoms with Gasteiger partial charge in [0.2, 0.25) is 5.82 Å². The van der Waals surface area contributed by atoms with Crippen LogP contribution in [-0.4, -0.2) is 26.7 Å². The van der Waals surface area contributed by atoms with Gasteiger partial charge in [-0.25, -0.2) is 0 Å². The first-order valence-electron chi connectivity index (χ1n) is 10.0. The number of hydrogen-bond donors (Lipinski definition) is 1. The topological polar surface area (TPSA) is 54.2 Å². The molecule has 5 nitrogen and oxygen atoms in total. The van der Waals surface area contributed by atoms with Crippen molar-refractivity contribution in [1.82, 2.24) is 20.4 Å². The number of thiocarbonyl (C=S) groups is 1. The summed E-state index contributed by atoms with van der Waals surface area (Å²) >= 11 is 11.8. The van der Waals surface area contributed by atoms with E-state index in [1.165, 1.54) is 0 Å². The maximum absolute atomic E-state index is 6.13. The summed E-state index contributed by atoms with van der Waals surface area (Å²) in [6.07, 6.45) is 2.13. The highest BCUT2D eigenvalue weighted by molar-refractivity contribution is 7.80. The third-order valence-electron chi connectivity index (χ3n) is 5.20. The molecule has 4 rings (SSSR count). The number of nitrogens with zero attached hydrogens (tertiary/aromatic N) is 3. The zero-order chi connectivity index (χ0) is 21.1. The molecule has 1 unspecified atom stereocenters. The Hall–Kier alpha value is -2.70. The zero-order valence-electron chi connectivity index (χ0n) is 16.9. The molecule has 1 atom stereocenters. The second-order valence-electron chi connectivity index (χ2n) is 7.23. The quantitative estimate of drug-likeness (QED) is 0.487. The molecule has 0 amide bonds. The van der Waals surface area contributed by atoms with Gasteiger partial charge in [0.25, 0.3) is 5.89 Å². The maximum Gasteiger partial charge on any atom is 0.258 e. The molecular weight excluding hydrogens is 416 g/mol. The zero-order valence-corrected chi connectivity index (χ0v) is 18.5. The molecular formula is C23H23ClN4OS. The van der Waals surface area contributed by atoms with Gasteiger partial charge in [-0.05, 0) is 43.3 Å². The van der Waals surface area contributed by atoms with Crippen LogP contribution in [0.15, 0.2) is 64.8 Å². The standard InChI is InChI=1S/C23H23ClN4OS/c1-3-4-13-28-15(2)19(20(25-23(28)30)16-9-6-5-7-10-16)22-26-21(27-29-22)17-11-8-12-18(24)14-17/h5-12,14,20H,3-4,13H2,1-2H3,(H,25,30). The van der Waals surface area contributed by atoms with Crippen molar-refractivity contribution >= 4 is 34.5 Å². The number of benzene rings is 2. The molecule has 0 aliphatic carbocycles. The van der Waals surface area contributed by atoms with E-state index in [4.69, 9.17) is 33.3 Å². The molecule has 154 valence electrons. The van der Waals surface area contributed by atoms with E-state index in [2.05, 4.69) is 41.4 Å². The Morgan fingerprint density at radius 3 is 2.70 bits per heavy atom. The monoisotopic (exact) mass is 438 g/mol. The van der Waals surface area contributed by atoms with Crippen LogP contribution in [0.3, 0.4) is 0 Å². The first kappa shape index (κ1) is 20.6. The van der Waals surface area contributed by atoms with Gasteiger partial charge in [-0.15, -0.1) is 0 Å². The lowest BCUT2D eigenvalue weighted by Crippen LogP contribution is -2.46. The fourth-order valence-corrected chi connectivity index (χ4v) is 4.15. The van der Waals surface area contributed by atoms with E-state index in [1.54, 1.807) is 0 Å². The minimum Gasteiger partial charge on any atom is -0.351 e. The SMILES string of the molecule is CCCCN1C(=S)NC(c2ccccc2)C(c2nc(-c3cccc(Cl)c3)no2)=C1C. The van der Waals surface area contributed by atoms with Crippen molar-refractivity contribution in [2.75, 3.05) is 6.54 Å². The van der Waals surface area contributed by atoms with Crippen LogP contribution in [0.1, 0.15) is 44.2 Å². The molecule has 1 aliphatic rings. The number of nitrogens with one attached hydrogen (secondary N) is 1. The highest BCUT2D eigenvalue weighted by Crippen LogP contribution is 2.37. The highest BCUT2D eigenvalue weighted by atomic mass is 35.5. The number of unbranched alkanes of at least 4 members (excludes halogenated alkanes) is 1. The maximum atomic E-state index is 6.13. The average Bonchev–Trinajstić information content (AvgIpc) is 3.23. The Labute approximate surface area is 186 Å². The van der Waals surface area contributed by atoms with Crippen molar-refractivity contribution in [2.24, 2.45) is 0 Å². The van der Waals surface area contributed by atoms with Crippen LogP contribution < -0.4 is 5.32 Å². The third kappa shape index (κ3) is 4.11. The summed E-state index contributed by atoms with van der Waals surface area (Å²) in [4.78, 5) is 6.83. The smallest absolute Gasteiger partial charge is 0.258 e. The van der Waals surface area contributed by atoms with Crippen molar-refractivity contribution in [1.29, 1.82) is 0 Å². The highest BCUT2D eigenvalue weighted by Gasteiger charge is 2.33. The molecule has 30 heavy (non-hydrogen) atoms. The van der Waals surface area contributed by atoms with E-state index in [-0.39, 0.29) is 6.04 Å². The molecule has 3 aromatic rings. The van der Waals surface area contributed by atoms with Crippen molar-refractivity contribution in [2.45, 2.75) is 32.7 Å². The summed E-state index contributed by atoms with van der Waals surface area (Å²) in [6, 6.07) is 17.4. The summed E-state index contributed by atoms with van der Waals surface area (Å²) in [5.41, 5.74) is 3.87. The fraction of sp³-hybridized carbons (Fsp3) is 0.261. The van der Waals surface area contributed by atoms with Gasteiger partial charge >= 0.3 is 0 Å². The van der Waals surface area contributed by atoms with Crippen molar-refractivity contribution in [3.8, 4) is 11.4 Å². The Kier molecular flexibility index (Phi) is 6.16. The van der Waals surface area contributed by atoms with Crippen LogP contribution >= 0.6 is 23.8 Å². The predicted molar refractivity (Wildman–Crippen MR) is 124 cm³/mol. The van der Waals surface area contributed by atoms with Gasteiger partial charge in [0.15, 0.2) is 5.11 Å². The van der Waals surface area contributed by atoms with Gasteiger partial charge in [-0.3, -0.25) is 0 Å². The van der Waals surface area contributed by atoms with Gasteiger partial charge in [-0.1, -0.05) is 72.6 Å². The second-order valence-corrected chi connectivity index (χ2v) is 8.05. The minimum absolute atomic E-state index is 0.163.